The number of hydrogen-bond acceptors (Lipinski definition) is 4. The first-order chi connectivity index (χ1) is 6.92. The van der Waals surface area contributed by atoms with E-state index in [9.17, 15) is 17.8 Å². The minimum Gasteiger partial charge on any atom is -0.748 e. The van der Waals surface area contributed by atoms with Gasteiger partial charge in [0.25, 0.3) is 0 Å². The van der Waals surface area contributed by atoms with Gasteiger partial charge in [-0.1, -0.05) is 25.7 Å². The molecule has 0 aromatic rings. The van der Waals surface area contributed by atoms with Crippen molar-refractivity contribution in [3.63, 3.8) is 0 Å². The summed E-state index contributed by atoms with van der Waals surface area (Å²) in [6, 6.07) is 0. The van der Waals surface area contributed by atoms with Crippen molar-refractivity contribution in [1.82, 2.24) is 0 Å². The smallest absolute Gasteiger partial charge is 0.748 e. The van der Waals surface area contributed by atoms with Crippen LogP contribution in [0.3, 0.4) is 0 Å². The molecule has 0 fully saturated rings. The summed E-state index contributed by atoms with van der Waals surface area (Å²) in [4.78, 5) is 10.6. The van der Waals surface area contributed by atoms with Crippen LogP contribution >= 0.6 is 0 Å². The van der Waals surface area contributed by atoms with Gasteiger partial charge < -0.3 is 9.35 Å². The molecule has 6 heteroatoms. The second kappa shape index (κ2) is 10.3. The molecule has 0 aliphatic heterocycles. The third-order valence-corrected chi connectivity index (χ3v) is 2.96. The number of hydrogen-bond donors (Lipinski definition) is 0. The fourth-order valence-corrected chi connectivity index (χ4v) is 1.92. The Morgan fingerprint density at radius 2 is 1.44 bits per heavy atom. The molecule has 0 amide bonds. The minimum atomic E-state index is -4.03. The van der Waals surface area contributed by atoms with Gasteiger partial charge in [0.2, 0.25) is 0 Å². The maximum atomic E-state index is 10.6. The van der Waals surface area contributed by atoms with E-state index >= 15 is 0 Å². The van der Waals surface area contributed by atoms with Crippen LogP contribution in [0.2, 0.25) is 0 Å². The zero-order chi connectivity index (χ0) is 11.7. The Bertz CT molecular complexity index is 275. The van der Waals surface area contributed by atoms with Gasteiger partial charge in [0, 0.05) is 12.2 Å². The molecule has 0 saturated carbocycles. The van der Waals surface area contributed by atoms with Gasteiger partial charge in [-0.2, -0.15) is 0 Å². The van der Waals surface area contributed by atoms with Crippen molar-refractivity contribution < 1.29 is 36.6 Å². The van der Waals surface area contributed by atoms with E-state index in [0.29, 0.717) is 12.8 Å². The number of carbonyl (C=O) groups excluding carboxylic acids is 1. The molecule has 0 rings (SSSR count). The second-order valence-corrected chi connectivity index (χ2v) is 5.36. The first kappa shape index (κ1) is 18.5. The molecule has 90 valence electrons. The van der Waals surface area contributed by atoms with Gasteiger partial charge in [0.05, 0.1) is 10.1 Å². The predicted molar refractivity (Wildman–Crippen MR) is 57.6 cm³/mol. The Kier molecular flexibility index (Phi) is 12.0. The van der Waals surface area contributed by atoms with Gasteiger partial charge in [-0.15, -0.1) is 0 Å². The molecular formula is C10H19LiO4S. The van der Waals surface area contributed by atoms with Crippen LogP contribution in [0.1, 0.15) is 51.9 Å². The maximum absolute atomic E-state index is 10.6. The van der Waals surface area contributed by atoms with Crippen LogP contribution in [0, 0.1) is 0 Å². The molecule has 0 radical (unpaired) electrons. The van der Waals surface area contributed by atoms with Crippen LogP contribution in [0.5, 0.6) is 0 Å². The minimum absolute atomic E-state index is 0. The molecule has 0 aliphatic carbocycles. The predicted octanol–water partition coefficient (Wildman–Crippen LogP) is -1.14. The third-order valence-electron chi connectivity index (χ3n) is 2.17. The van der Waals surface area contributed by atoms with Gasteiger partial charge in [0.1, 0.15) is 5.78 Å². The van der Waals surface area contributed by atoms with E-state index in [2.05, 4.69) is 0 Å². The summed E-state index contributed by atoms with van der Waals surface area (Å²) < 4.78 is 30.7. The fourth-order valence-electron chi connectivity index (χ4n) is 1.36. The van der Waals surface area contributed by atoms with Crippen molar-refractivity contribution in [3.8, 4) is 0 Å². The molecule has 0 spiro atoms. The van der Waals surface area contributed by atoms with E-state index in [1.807, 2.05) is 0 Å². The number of rotatable bonds is 9. The van der Waals surface area contributed by atoms with Crippen molar-refractivity contribution in [3.05, 3.63) is 0 Å². The molecule has 0 aromatic carbocycles. The summed E-state index contributed by atoms with van der Waals surface area (Å²) >= 11 is 0. The van der Waals surface area contributed by atoms with E-state index in [1.54, 1.807) is 6.92 Å². The van der Waals surface area contributed by atoms with Gasteiger partial charge in [-0.25, -0.2) is 8.42 Å². The summed E-state index contributed by atoms with van der Waals surface area (Å²) in [5.41, 5.74) is 0. The molecule has 0 N–H and O–H groups in total. The molecular weight excluding hydrogens is 223 g/mol. The van der Waals surface area contributed by atoms with Crippen molar-refractivity contribution in [1.29, 1.82) is 0 Å². The van der Waals surface area contributed by atoms with Crippen LogP contribution in [-0.2, 0) is 14.9 Å². The molecule has 0 heterocycles. The summed E-state index contributed by atoms with van der Waals surface area (Å²) in [5, 5.41) is 0. The quantitative estimate of drug-likeness (QED) is 0.291. The monoisotopic (exact) mass is 242 g/mol. The maximum Gasteiger partial charge on any atom is 1.00 e. The molecule has 4 nitrogen and oxygen atoms in total. The van der Waals surface area contributed by atoms with Crippen LogP contribution < -0.4 is 18.9 Å². The van der Waals surface area contributed by atoms with Crippen molar-refractivity contribution in [2.75, 3.05) is 5.75 Å². The SMILES string of the molecule is CC(=O)CCCCCCCCS(=O)(=O)[O-].[Li+]. The number of carbonyl (C=O) groups is 1. The molecule has 0 aliphatic rings. The van der Waals surface area contributed by atoms with Crippen molar-refractivity contribution in [2.24, 2.45) is 0 Å². The topological polar surface area (TPSA) is 74.3 Å². The molecule has 0 aromatic heterocycles. The Hall–Kier alpha value is 0.177. The fraction of sp³-hybridized carbons (Fsp3) is 0.900. The van der Waals surface area contributed by atoms with Crippen molar-refractivity contribution >= 4 is 15.9 Å². The number of Topliss-reactive ketones (excluding diaryl/α,β-unsaturated/α-hetero) is 1. The van der Waals surface area contributed by atoms with E-state index < -0.39 is 10.1 Å². The molecule has 0 unspecified atom stereocenters. The second-order valence-electron chi connectivity index (χ2n) is 3.84. The Morgan fingerprint density at radius 3 is 1.88 bits per heavy atom. The Morgan fingerprint density at radius 1 is 1.00 bits per heavy atom. The molecule has 16 heavy (non-hydrogen) atoms. The summed E-state index contributed by atoms with van der Waals surface area (Å²) in [6.45, 7) is 1.58. The first-order valence-corrected chi connectivity index (χ1v) is 6.92. The van der Waals surface area contributed by atoms with Crippen LogP contribution in [0.15, 0.2) is 0 Å². The Labute approximate surface area is 110 Å². The van der Waals surface area contributed by atoms with E-state index in [4.69, 9.17) is 0 Å². The normalized spacial score (nSPS) is 10.9. The summed E-state index contributed by atoms with van der Waals surface area (Å²) in [6.07, 6.45) is 5.73. The largest absolute Gasteiger partial charge is 1.00 e. The average molecular weight is 242 g/mol. The van der Waals surface area contributed by atoms with Gasteiger partial charge in [-0.3, -0.25) is 0 Å². The standard InChI is InChI=1S/C10H20O4S.Li/c1-10(11)8-6-4-2-3-5-7-9-15(12,13)14;/h2-9H2,1H3,(H,12,13,14);/q;+1/p-1. The zero-order valence-corrected chi connectivity index (χ0v) is 11.0. The molecule has 0 atom stereocenters. The van der Waals surface area contributed by atoms with E-state index in [-0.39, 0.29) is 30.4 Å². The van der Waals surface area contributed by atoms with Crippen molar-refractivity contribution in [2.45, 2.75) is 51.9 Å². The third kappa shape index (κ3) is 16.6. The van der Waals surface area contributed by atoms with E-state index in [1.165, 1.54) is 0 Å². The average Bonchev–Trinajstić information content (AvgIpc) is 2.07. The molecule has 0 bridgehead atoms. The van der Waals surface area contributed by atoms with Gasteiger partial charge in [-0.05, 0) is 19.8 Å². The van der Waals surface area contributed by atoms with Gasteiger partial charge >= 0.3 is 18.9 Å². The van der Waals surface area contributed by atoms with Crippen LogP contribution in [0.4, 0.5) is 0 Å². The molecule has 0 saturated heterocycles. The zero-order valence-electron chi connectivity index (χ0n) is 10.2. The number of ketones is 1. The number of unbranched alkanes of at least 4 members (excludes halogenated alkanes) is 5. The first-order valence-electron chi connectivity index (χ1n) is 5.35. The van der Waals surface area contributed by atoms with Crippen LogP contribution in [0.25, 0.3) is 0 Å². The Balaban J connectivity index is 0. The van der Waals surface area contributed by atoms with Crippen LogP contribution in [-0.4, -0.2) is 24.5 Å². The summed E-state index contributed by atoms with van der Waals surface area (Å²) in [5.74, 6) is -0.0343. The van der Waals surface area contributed by atoms with Gasteiger partial charge in [0.15, 0.2) is 0 Å². The summed E-state index contributed by atoms with van der Waals surface area (Å²) in [7, 11) is -4.03. The van der Waals surface area contributed by atoms with E-state index in [0.717, 1.165) is 32.1 Å².